The van der Waals surface area contributed by atoms with Gasteiger partial charge in [-0.25, -0.2) is 5.43 Å². The zero-order valence-electron chi connectivity index (χ0n) is 5.89. The van der Waals surface area contributed by atoms with E-state index in [2.05, 4.69) is 36.0 Å². The molecule has 2 N–H and O–H groups in total. The maximum atomic E-state index is 3.11. The quantitative estimate of drug-likeness (QED) is 0.513. The van der Waals surface area contributed by atoms with E-state index in [0.717, 1.165) is 0 Å². The molecule has 0 bridgehead atoms. The summed E-state index contributed by atoms with van der Waals surface area (Å²) in [6.07, 6.45) is 8.46. The zero-order valence-corrected chi connectivity index (χ0v) is 5.89. The predicted molar refractivity (Wildman–Crippen MR) is 41.0 cm³/mol. The van der Waals surface area contributed by atoms with E-state index in [1.165, 1.54) is 11.1 Å². The van der Waals surface area contributed by atoms with Gasteiger partial charge in [-0.05, 0) is 12.5 Å². The van der Waals surface area contributed by atoms with Crippen LogP contribution in [0.1, 0.15) is 6.92 Å². The van der Waals surface area contributed by atoms with Crippen molar-refractivity contribution in [3.05, 3.63) is 35.6 Å². The monoisotopic (exact) mass is 134 g/mol. The van der Waals surface area contributed by atoms with E-state index < -0.39 is 0 Å². The second kappa shape index (κ2) is 1.99. The van der Waals surface area contributed by atoms with Crippen LogP contribution in [-0.4, -0.2) is 6.04 Å². The van der Waals surface area contributed by atoms with Gasteiger partial charge in [0.15, 0.2) is 0 Å². The summed E-state index contributed by atoms with van der Waals surface area (Å²) in [6, 6.07) is 0.392. The molecule has 1 aliphatic carbocycles. The summed E-state index contributed by atoms with van der Waals surface area (Å²) in [4.78, 5) is 0. The van der Waals surface area contributed by atoms with Gasteiger partial charge in [-0.3, -0.25) is 0 Å². The maximum absolute atomic E-state index is 3.11. The fraction of sp³-hybridized carbons (Fsp3) is 0.250. The van der Waals surface area contributed by atoms with Gasteiger partial charge in [0.1, 0.15) is 0 Å². The van der Waals surface area contributed by atoms with Gasteiger partial charge in [0.05, 0.1) is 6.04 Å². The van der Waals surface area contributed by atoms with E-state index in [0.29, 0.717) is 6.04 Å². The largest absolute Gasteiger partial charge is 0.328 e. The van der Waals surface area contributed by atoms with Crippen LogP contribution in [0, 0.1) is 0 Å². The lowest BCUT2D eigenvalue weighted by molar-refractivity contribution is 0.649. The summed E-state index contributed by atoms with van der Waals surface area (Å²) in [5.41, 5.74) is 8.71. The first-order valence-corrected chi connectivity index (χ1v) is 3.44. The molecular weight excluding hydrogens is 124 g/mol. The average Bonchev–Trinajstić information content (AvgIpc) is 2.33. The summed E-state index contributed by atoms with van der Waals surface area (Å²) in [6.45, 7) is 2.10. The number of hydrogen-bond acceptors (Lipinski definition) is 2. The van der Waals surface area contributed by atoms with Crippen molar-refractivity contribution in [1.29, 1.82) is 0 Å². The molecule has 0 spiro atoms. The predicted octanol–water partition coefficient (Wildman–Crippen LogP) is 0.863. The van der Waals surface area contributed by atoms with Crippen molar-refractivity contribution in [1.82, 2.24) is 10.9 Å². The molecule has 0 radical (unpaired) electrons. The number of rotatable bonds is 0. The fourth-order valence-electron chi connectivity index (χ4n) is 1.24. The highest BCUT2D eigenvalue weighted by molar-refractivity contribution is 5.41. The van der Waals surface area contributed by atoms with Crippen molar-refractivity contribution in [2.45, 2.75) is 13.0 Å². The highest BCUT2D eigenvalue weighted by Crippen LogP contribution is 2.17. The normalized spacial score (nSPS) is 28.7. The number of nitrogens with one attached hydrogen (secondary N) is 2. The summed E-state index contributed by atoms with van der Waals surface area (Å²) in [5, 5.41) is 0. The number of fused-ring (bicyclic) bond motifs is 1. The highest BCUT2D eigenvalue weighted by Gasteiger charge is 2.15. The van der Waals surface area contributed by atoms with Crippen molar-refractivity contribution in [2.24, 2.45) is 0 Å². The maximum Gasteiger partial charge on any atom is 0.0708 e. The standard InChI is InChI=1S/C8H10N2/c1-6-2-3-8-7(4-6)5-9-10-8/h2-5,8-10H,1H3. The second-order valence-electron chi connectivity index (χ2n) is 2.66. The van der Waals surface area contributed by atoms with Gasteiger partial charge in [0.2, 0.25) is 0 Å². The Kier molecular flexibility index (Phi) is 1.14. The Labute approximate surface area is 60.3 Å². The van der Waals surface area contributed by atoms with Crippen LogP contribution < -0.4 is 10.9 Å². The van der Waals surface area contributed by atoms with Crippen LogP contribution in [0.25, 0.3) is 0 Å². The Morgan fingerprint density at radius 1 is 1.50 bits per heavy atom. The van der Waals surface area contributed by atoms with Crippen molar-refractivity contribution in [3.63, 3.8) is 0 Å². The second-order valence-corrected chi connectivity index (χ2v) is 2.66. The van der Waals surface area contributed by atoms with Gasteiger partial charge in [-0.15, -0.1) is 0 Å². The van der Waals surface area contributed by atoms with Crippen LogP contribution in [0.2, 0.25) is 0 Å². The van der Waals surface area contributed by atoms with Crippen LogP contribution in [0.15, 0.2) is 35.6 Å². The van der Waals surface area contributed by atoms with Gasteiger partial charge in [-0.1, -0.05) is 23.8 Å². The molecule has 1 heterocycles. The topological polar surface area (TPSA) is 24.1 Å². The minimum Gasteiger partial charge on any atom is -0.328 e. The third-order valence-corrected chi connectivity index (χ3v) is 1.78. The highest BCUT2D eigenvalue weighted by atomic mass is 15.4. The van der Waals surface area contributed by atoms with E-state index in [9.17, 15) is 0 Å². The minimum absolute atomic E-state index is 0.392. The van der Waals surface area contributed by atoms with Crippen LogP contribution in [0.4, 0.5) is 0 Å². The molecular formula is C8H10N2. The van der Waals surface area contributed by atoms with Crippen molar-refractivity contribution in [3.8, 4) is 0 Å². The lowest BCUT2D eigenvalue weighted by Gasteiger charge is -2.11. The molecule has 1 atom stereocenters. The van der Waals surface area contributed by atoms with Crippen LogP contribution >= 0.6 is 0 Å². The Balaban J connectivity index is 2.34. The van der Waals surface area contributed by atoms with Gasteiger partial charge < -0.3 is 5.43 Å². The number of hydrogen-bond donors (Lipinski definition) is 2. The van der Waals surface area contributed by atoms with E-state index in [1.54, 1.807) is 0 Å². The molecule has 0 aromatic carbocycles. The first-order chi connectivity index (χ1) is 4.86. The Morgan fingerprint density at radius 3 is 3.30 bits per heavy atom. The van der Waals surface area contributed by atoms with Crippen molar-refractivity contribution >= 4 is 0 Å². The third kappa shape index (κ3) is 0.772. The van der Waals surface area contributed by atoms with E-state index in [4.69, 9.17) is 0 Å². The Bertz CT molecular complexity index is 236. The van der Waals surface area contributed by atoms with E-state index in [1.807, 2.05) is 6.20 Å². The van der Waals surface area contributed by atoms with Gasteiger partial charge in [0, 0.05) is 6.20 Å². The molecule has 2 aliphatic rings. The average molecular weight is 134 g/mol. The smallest absolute Gasteiger partial charge is 0.0708 e. The van der Waals surface area contributed by atoms with Crippen molar-refractivity contribution < 1.29 is 0 Å². The lowest BCUT2D eigenvalue weighted by atomic mass is 10.0. The zero-order chi connectivity index (χ0) is 6.97. The molecule has 2 heteroatoms. The molecule has 0 saturated heterocycles. The van der Waals surface area contributed by atoms with Gasteiger partial charge in [-0.2, -0.15) is 0 Å². The molecule has 1 unspecified atom stereocenters. The summed E-state index contributed by atoms with van der Waals surface area (Å²) in [7, 11) is 0. The Morgan fingerprint density at radius 2 is 2.40 bits per heavy atom. The summed E-state index contributed by atoms with van der Waals surface area (Å²) in [5.74, 6) is 0. The van der Waals surface area contributed by atoms with E-state index >= 15 is 0 Å². The van der Waals surface area contributed by atoms with Gasteiger partial charge >= 0.3 is 0 Å². The van der Waals surface area contributed by atoms with Crippen LogP contribution in [0.3, 0.4) is 0 Å². The molecule has 0 aromatic rings. The summed E-state index contributed by atoms with van der Waals surface area (Å²) < 4.78 is 0. The molecule has 0 saturated carbocycles. The minimum atomic E-state index is 0.392. The molecule has 0 amide bonds. The number of allylic oxidation sites excluding steroid dienone is 2. The molecule has 0 aromatic heterocycles. The summed E-state index contributed by atoms with van der Waals surface area (Å²) >= 11 is 0. The SMILES string of the molecule is CC1=CC2=CNNC2C=C1. The van der Waals surface area contributed by atoms with Crippen LogP contribution in [0.5, 0.6) is 0 Å². The first-order valence-electron chi connectivity index (χ1n) is 3.44. The Hall–Kier alpha value is -1.02. The molecule has 2 rings (SSSR count). The van der Waals surface area contributed by atoms with Crippen molar-refractivity contribution in [2.75, 3.05) is 0 Å². The third-order valence-electron chi connectivity index (χ3n) is 1.78. The molecule has 2 nitrogen and oxygen atoms in total. The lowest BCUT2D eigenvalue weighted by Crippen LogP contribution is -2.30. The number of hydrazine groups is 1. The van der Waals surface area contributed by atoms with Crippen LogP contribution in [-0.2, 0) is 0 Å². The molecule has 1 aliphatic heterocycles. The fourth-order valence-corrected chi connectivity index (χ4v) is 1.24. The van der Waals surface area contributed by atoms with Gasteiger partial charge in [0.25, 0.3) is 0 Å². The molecule has 52 valence electrons. The molecule has 10 heavy (non-hydrogen) atoms. The molecule has 0 fully saturated rings. The van der Waals surface area contributed by atoms with E-state index in [-0.39, 0.29) is 0 Å². The first kappa shape index (κ1) is 5.74.